The highest BCUT2D eigenvalue weighted by molar-refractivity contribution is 5.75. The summed E-state index contributed by atoms with van der Waals surface area (Å²) in [5.74, 6) is -0.827. The summed E-state index contributed by atoms with van der Waals surface area (Å²) < 4.78 is 4.98. The van der Waals surface area contributed by atoms with Crippen LogP contribution in [0.1, 0.15) is 24.8 Å². The number of piperidine rings is 1. The van der Waals surface area contributed by atoms with Crippen LogP contribution in [0.5, 0.6) is 0 Å². The quantitative estimate of drug-likeness (QED) is 0.832. The van der Waals surface area contributed by atoms with E-state index in [0.717, 1.165) is 18.4 Å². The third kappa shape index (κ3) is 1.71. The van der Waals surface area contributed by atoms with Crippen LogP contribution < -0.4 is 0 Å². The number of rotatable bonds is 2. The molecule has 0 unspecified atom stereocenters. The summed E-state index contributed by atoms with van der Waals surface area (Å²) in [5.41, 5.74) is 0.663. The molecule has 4 nitrogen and oxygen atoms in total. The van der Waals surface area contributed by atoms with E-state index in [-0.39, 0.29) is 5.97 Å². The van der Waals surface area contributed by atoms with Crippen molar-refractivity contribution in [3.63, 3.8) is 0 Å². The SMILES string of the molecule is COC(=O)[C@H]1[C@@H](O)C[C@@H]2CC[C@@]1(c1ccccc1)N2C. The second-order valence-electron chi connectivity index (χ2n) is 5.90. The molecular weight excluding hydrogens is 254 g/mol. The molecule has 2 bridgehead atoms. The summed E-state index contributed by atoms with van der Waals surface area (Å²) in [6.07, 6.45) is 1.90. The highest BCUT2D eigenvalue weighted by Gasteiger charge is 2.59. The van der Waals surface area contributed by atoms with E-state index in [2.05, 4.69) is 11.9 Å². The molecule has 0 saturated carbocycles. The van der Waals surface area contributed by atoms with Gasteiger partial charge in [-0.1, -0.05) is 30.3 Å². The molecular formula is C16H21NO3. The van der Waals surface area contributed by atoms with Crippen LogP contribution in [0, 0.1) is 5.92 Å². The van der Waals surface area contributed by atoms with E-state index in [0.29, 0.717) is 12.5 Å². The van der Waals surface area contributed by atoms with Crippen molar-refractivity contribution in [1.29, 1.82) is 0 Å². The molecule has 0 amide bonds. The Bertz CT molecular complexity index is 504. The number of carbonyl (C=O) groups is 1. The zero-order chi connectivity index (χ0) is 14.3. The topological polar surface area (TPSA) is 49.8 Å². The van der Waals surface area contributed by atoms with Crippen molar-refractivity contribution in [2.45, 2.75) is 36.9 Å². The molecule has 4 heteroatoms. The standard InChI is InChI=1S/C16H21NO3/c1-17-12-8-9-16(17,11-6-4-3-5-7-11)14(13(18)10-12)15(19)20-2/h3-7,12-14,18H,8-10H2,1-2H3/t12-,13-,14+,16-/m0/s1. The zero-order valence-electron chi connectivity index (χ0n) is 12.0. The van der Waals surface area contributed by atoms with Gasteiger partial charge in [0.1, 0.15) is 5.92 Å². The lowest BCUT2D eigenvalue weighted by molar-refractivity contribution is -0.164. The fourth-order valence-electron chi connectivity index (χ4n) is 4.20. The summed E-state index contributed by atoms with van der Waals surface area (Å²) in [4.78, 5) is 14.6. The molecule has 0 spiro atoms. The highest BCUT2D eigenvalue weighted by atomic mass is 16.5. The van der Waals surface area contributed by atoms with E-state index >= 15 is 0 Å². The van der Waals surface area contributed by atoms with Crippen molar-refractivity contribution in [3.8, 4) is 0 Å². The lowest BCUT2D eigenvalue weighted by Crippen LogP contribution is -2.59. The first-order valence-corrected chi connectivity index (χ1v) is 7.15. The molecule has 2 aliphatic rings. The van der Waals surface area contributed by atoms with Gasteiger partial charge in [0.2, 0.25) is 0 Å². The number of esters is 1. The van der Waals surface area contributed by atoms with Crippen molar-refractivity contribution >= 4 is 5.97 Å². The second-order valence-corrected chi connectivity index (χ2v) is 5.90. The first-order valence-electron chi connectivity index (χ1n) is 7.15. The number of hydrogen-bond donors (Lipinski definition) is 1. The Morgan fingerprint density at radius 1 is 1.40 bits per heavy atom. The van der Waals surface area contributed by atoms with Crippen LogP contribution in [-0.2, 0) is 15.1 Å². The number of ether oxygens (including phenoxy) is 1. The maximum atomic E-state index is 12.3. The van der Waals surface area contributed by atoms with Gasteiger partial charge in [-0.15, -0.1) is 0 Å². The predicted molar refractivity (Wildman–Crippen MR) is 75.0 cm³/mol. The fraction of sp³-hybridized carbons (Fsp3) is 0.562. The van der Waals surface area contributed by atoms with E-state index in [1.165, 1.54) is 7.11 Å². The van der Waals surface area contributed by atoms with Crippen LogP contribution in [0.3, 0.4) is 0 Å². The number of methoxy groups -OCH3 is 1. The molecule has 4 atom stereocenters. The molecule has 1 aromatic carbocycles. The zero-order valence-corrected chi connectivity index (χ0v) is 12.0. The molecule has 1 N–H and O–H groups in total. The van der Waals surface area contributed by atoms with E-state index in [4.69, 9.17) is 4.74 Å². The van der Waals surface area contributed by atoms with Gasteiger partial charge < -0.3 is 9.84 Å². The minimum atomic E-state index is -0.633. The fourth-order valence-corrected chi connectivity index (χ4v) is 4.20. The Morgan fingerprint density at radius 3 is 2.75 bits per heavy atom. The van der Waals surface area contributed by atoms with Gasteiger partial charge in [0.05, 0.1) is 18.8 Å². The van der Waals surface area contributed by atoms with Gasteiger partial charge in [-0.3, -0.25) is 9.69 Å². The smallest absolute Gasteiger partial charge is 0.313 e. The van der Waals surface area contributed by atoms with E-state index < -0.39 is 17.6 Å². The number of aliphatic hydroxyl groups excluding tert-OH is 1. The Balaban J connectivity index is 2.13. The summed E-state index contributed by atoms with van der Waals surface area (Å²) in [6.45, 7) is 0. The number of fused-ring (bicyclic) bond motifs is 2. The Morgan fingerprint density at radius 2 is 2.10 bits per heavy atom. The van der Waals surface area contributed by atoms with E-state index in [9.17, 15) is 9.90 Å². The third-order valence-electron chi connectivity index (χ3n) is 5.18. The molecule has 20 heavy (non-hydrogen) atoms. The Hall–Kier alpha value is -1.39. The van der Waals surface area contributed by atoms with Gasteiger partial charge in [-0.25, -0.2) is 0 Å². The van der Waals surface area contributed by atoms with Crippen molar-refractivity contribution in [3.05, 3.63) is 35.9 Å². The lowest BCUT2D eigenvalue weighted by atomic mass is 9.71. The van der Waals surface area contributed by atoms with Crippen LogP contribution >= 0.6 is 0 Å². The number of nitrogens with zero attached hydrogens (tertiary/aromatic N) is 1. The Kier molecular flexibility index (Phi) is 3.30. The molecule has 2 aliphatic heterocycles. The van der Waals surface area contributed by atoms with Crippen LogP contribution in [0.2, 0.25) is 0 Å². The van der Waals surface area contributed by atoms with Crippen molar-refractivity contribution in [2.24, 2.45) is 5.92 Å². The molecule has 2 saturated heterocycles. The molecule has 108 valence electrons. The maximum absolute atomic E-state index is 12.3. The third-order valence-corrected chi connectivity index (χ3v) is 5.18. The number of carbonyl (C=O) groups excluding carboxylic acids is 1. The summed E-state index contributed by atoms with van der Waals surface area (Å²) in [5, 5.41) is 10.5. The van der Waals surface area contributed by atoms with Gasteiger partial charge in [0.25, 0.3) is 0 Å². The van der Waals surface area contributed by atoms with Gasteiger partial charge >= 0.3 is 5.97 Å². The van der Waals surface area contributed by atoms with Crippen LogP contribution in [0.4, 0.5) is 0 Å². The average molecular weight is 275 g/mol. The molecule has 0 aliphatic carbocycles. The monoisotopic (exact) mass is 275 g/mol. The second kappa shape index (κ2) is 4.86. The summed E-state index contributed by atoms with van der Waals surface area (Å²) in [6, 6.07) is 10.4. The van der Waals surface area contributed by atoms with Gasteiger partial charge in [-0.2, -0.15) is 0 Å². The number of benzene rings is 1. The van der Waals surface area contributed by atoms with Gasteiger partial charge in [0.15, 0.2) is 0 Å². The molecule has 2 heterocycles. The Labute approximate surface area is 119 Å². The van der Waals surface area contributed by atoms with E-state index in [1.54, 1.807) is 0 Å². The molecule has 3 rings (SSSR count). The predicted octanol–water partition coefficient (Wildman–Crippen LogP) is 1.53. The number of hydrogen-bond acceptors (Lipinski definition) is 4. The van der Waals surface area contributed by atoms with Crippen molar-refractivity contribution in [1.82, 2.24) is 4.90 Å². The van der Waals surface area contributed by atoms with Gasteiger partial charge in [-0.05, 0) is 31.9 Å². The first kappa shape index (κ1) is 13.6. The molecule has 2 fully saturated rings. The van der Waals surface area contributed by atoms with Crippen molar-refractivity contribution in [2.75, 3.05) is 14.2 Å². The van der Waals surface area contributed by atoms with E-state index in [1.807, 2.05) is 30.3 Å². The molecule has 0 aromatic heterocycles. The largest absolute Gasteiger partial charge is 0.469 e. The minimum absolute atomic E-state index is 0.312. The number of aliphatic hydroxyl groups is 1. The first-order chi connectivity index (χ1) is 9.61. The minimum Gasteiger partial charge on any atom is -0.469 e. The van der Waals surface area contributed by atoms with Crippen molar-refractivity contribution < 1.29 is 14.6 Å². The molecule has 1 aromatic rings. The van der Waals surface area contributed by atoms with Crippen LogP contribution in [-0.4, -0.2) is 42.3 Å². The average Bonchev–Trinajstić information content (AvgIpc) is 2.70. The molecule has 0 radical (unpaired) electrons. The van der Waals surface area contributed by atoms with Crippen LogP contribution in [0.15, 0.2) is 30.3 Å². The normalized spacial score (nSPS) is 36.9. The van der Waals surface area contributed by atoms with Crippen LogP contribution in [0.25, 0.3) is 0 Å². The summed E-state index contributed by atoms with van der Waals surface area (Å²) in [7, 11) is 3.46. The highest BCUT2D eigenvalue weighted by Crippen LogP contribution is 2.53. The maximum Gasteiger partial charge on any atom is 0.313 e. The van der Waals surface area contributed by atoms with Gasteiger partial charge in [0, 0.05) is 6.04 Å². The summed E-state index contributed by atoms with van der Waals surface area (Å²) >= 11 is 0. The lowest BCUT2D eigenvalue weighted by Gasteiger charge is -2.49.